The van der Waals surface area contributed by atoms with Crippen LogP contribution in [0.3, 0.4) is 0 Å². The number of carboxylic acid groups (broad SMARTS) is 1. The van der Waals surface area contributed by atoms with Crippen molar-refractivity contribution in [2.75, 3.05) is 6.54 Å². The summed E-state index contributed by atoms with van der Waals surface area (Å²) in [5, 5.41) is 21.5. The molecule has 0 spiro atoms. The molecule has 3 aromatic rings. The normalized spacial score (nSPS) is 17.4. The number of carboxylic acids is 1. The highest BCUT2D eigenvalue weighted by Gasteiger charge is 2.31. The summed E-state index contributed by atoms with van der Waals surface area (Å²) in [6, 6.07) is 14.1. The number of hydrogen-bond acceptors (Lipinski definition) is 5. The molecular weight excluding hydrogens is 348 g/mol. The van der Waals surface area contributed by atoms with Crippen molar-refractivity contribution in [1.29, 1.82) is 0 Å². The number of fused-ring (bicyclic) bond motifs is 1. The summed E-state index contributed by atoms with van der Waals surface area (Å²) >= 11 is 0. The van der Waals surface area contributed by atoms with Gasteiger partial charge in [-0.05, 0) is 42.6 Å². The van der Waals surface area contributed by atoms with Crippen molar-refractivity contribution in [3.8, 4) is 11.1 Å². The molecule has 4 rings (SSSR count). The number of likely N-dealkylation sites (tertiary alicyclic amines) is 1. The van der Waals surface area contributed by atoms with Crippen molar-refractivity contribution in [3.05, 3.63) is 64.2 Å². The van der Waals surface area contributed by atoms with Crippen LogP contribution in [-0.2, 0) is 11.3 Å². The molecule has 0 saturated carbocycles. The molecule has 0 bridgehead atoms. The molecule has 2 aromatic carbocycles. The van der Waals surface area contributed by atoms with Crippen molar-refractivity contribution >= 4 is 22.8 Å². The van der Waals surface area contributed by atoms with Gasteiger partial charge in [-0.25, -0.2) is 0 Å². The van der Waals surface area contributed by atoms with E-state index < -0.39 is 16.9 Å². The van der Waals surface area contributed by atoms with E-state index in [1.807, 2.05) is 47.4 Å². The first-order chi connectivity index (χ1) is 13.0. The molecule has 0 unspecified atom stereocenters. The Morgan fingerprint density at radius 2 is 2.04 bits per heavy atom. The minimum Gasteiger partial charge on any atom is -0.480 e. The van der Waals surface area contributed by atoms with Crippen molar-refractivity contribution in [2.45, 2.75) is 25.4 Å². The van der Waals surface area contributed by atoms with Gasteiger partial charge in [-0.2, -0.15) is 0 Å². The smallest absolute Gasteiger partial charge is 0.442 e. The average Bonchev–Trinajstić information content (AvgIpc) is 3.26. The number of hydrogen-bond donors (Lipinski definition) is 1. The molecule has 7 nitrogen and oxygen atoms in total. The third kappa shape index (κ3) is 3.17. The monoisotopic (exact) mass is 366 g/mol. The third-order valence-electron chi connectivity index (χ3n) is 5.00. The fourth-order valence-electron chi connectivity index (χ4n) is 3.77. The molecule has 0 amide bonds. The molecule has 27 heavy (non-hydrogen) atoms. The molecule has 1 aliphatic rings. The minimum atomic E-state index is -0.808. The lowest BCUT2D eigenvalue weighted by Gasteiger charge is -2.20. The van der Waals surface area contributed by atoms with E-state index in [2.05, 4.69) is 0 Å². The number of aliphatic carboxylic acids is 1. The average molecular weight is 366 g/mol. The summed E-state index contributed by atoms with van der Waals surface area (Å²) in [6.07, 6.45) is 1.50. The number of carbonyl (C=O) groups is 1. The Bertz CT molecular complexity index is 1010. The van der Waals surface area contributed by atoms with Crippen molar-refractivity contribution in [3.63, 3.8) is 0 Å². The van der Waals surface area contributed by atoms with Gasteiger partial charge in [-0.1, -0.05) is 36.4 Å². The highest BCUT2D eigenvalue weighted by atomic mass is 16.6. The Morgan fingerprint density at radius 1 is 1.26 bits per heavy atom. The Balaban J connectivity index is 1.77. The molecule has 1 saturated heterocycles. The molecule has 1 fully saturated rings. The first kappa shape index (κ1) is 17.2. The van der Waals surface area contributed by atoms with E-state index >= 15 is 0 Å². The zero-order valence-electron chi connectivity index (χ0n) is 14.5. The summed E-state index contributed by atoms with van der Waals surface area (Å²) < 4.78 is 5.49. The van der Waals surface area contributed by atoms with E-state index in [9.17, 15) is 20.0 Å². The molecule has 1 aliphatic heterocycles. The van der Waals surface area contributed by atoms with Gasteiger partial charge in [-0.3, -0.25) is 19.8 Å². The molecule has 1 atom stereocenters. The summed E-state index contributed by atoms with van der Waals surface area (Å²) in [4.78, 5) is 24.3. The second-order valence-electron chi connectivity index (χ2n) is 6.70. The summed E-state index contributed by atoms with van der Waals surface area (Å²) in [5.41, 5.74) is 2.52. The van der Waals surface area contributed by atoms with Crippen LogP contribution in [0.2, 0.25) is 0 Å². The maximum Gasteiger partial charge on any atom is 0.442 e. The van der Waals surface area contributed by atoms with E-state index in [0.717, 1.165) is 18.5 Å². The lowest BCUT2D eigenvalue weighted by atomic mass is 10.0. The molecular formula is C20H18N2O5. The Hall–Kier alpha value is -3.19. The van der Waals surface area contributed by atoms with Crippen LogP contribution in [0.1, 0.15) is 18.4 Å². The number of furan rings is 1. The van der Waals surface area contributed by atoms with Crippen molar-refractivity contribution in [2.24, 2.45) is 0 Å². The number of benzene rings is 2. The van der Waals surface area contributed by atoms with Gasteiger partial charge in [0, 0.05) is 11.9 Å². The standard InChI is InChI=1S/C20H18N2O5/c23-20(24)16-7-4-10-21(16)12-13-8-9-17-15(11-13)18(19(27-17)22(25)26)14-5-2-1-3-6-14/h1-3,5-6,8-9,11,16H,4,7,10,12H2,(H,23,24)/t16-/m0/s1. The van der Waals surface area contributed by atoms with Crippen LogP contribution in [0.15, 0.2) is 52.9 Å². The van der Waals surface area contributed by atoms with Gasteiger partial charge in [0.1, 0.15) is 22.1 Å². The molecule has 1 aromatic heterocycles. The Kier molecular flexibility index (Phi) is 4.37. The van der Waals surface area contributed by atoms with Gasteiger partial charge in [0.15, 0.2) is 0 Å². The highest BCUT2D eigenvalue weighted by molar-refractivity contribution is 5.99. The summed E-state index contributed by atoms with van der Waals surface area (Å²) in [5.74, 6) is -1.09. The van der Waals surface area contributed by atoms with Crippen LogP contribution in [-0.4, -0.2) is 33.5 Å². The van der Waals surface area contributed by atoms with Gasteiger partial charge in [0.05, 0.1) is 0 Å². The van der Waals surface area contributed by atoms with Crippen molar-refractivity contribution < 1.29 is 19.2 Å². The SMILES string of the molecule is O=C(O)[C@@H]1CCCN1Cc1ccc2oc([N+](=O)[O-])c(-c3ccccc3)c2c1. The molecule has 1 N–H and O–H groups in total. The van der Waals surface area contributed by atoms with Gasteiger partial charge in [-0.15, -0.1) is 0 Å². The maximum atomic E-state index is 11.5. The van der Waals surface area contributed by atoms with E-state index in [-0.39, 0.29) is 5.88 Å². The van der Waals surface area contributed by atoms with E-state index in [1.54, 1.807) is 6.07 Å². The molecule has 138 valence electrons. The minimum absolute atomic E-state index is 0.280. The largest absolute Gasteiger partial charge is 0.480 e. The maximum absolute atomic E-state index is 11.5. The second kappa shape index (κ2) is 6.85. The highest BCUT2D eigenvalue weighted by Crippen LogP contribution is 2.40. The topological polar surface area (TPSA) is 96.8 Å². The Morgan fingerprint density at radius 3 is 2.74 bits per heavy atom. The van der Waals surface area contributed by atoms with Gasteiger partial charge in [0.25, 0.3) is 0 Å². The van der Waals surface area contributed by atoms with Gasteiger partial charge < -0.3 is 9.52 Å². The lowest BCUT2D eigenvalue weighted by molar-refractivity contribution is -0.400. The molecule has 2 heterocycles. The fourth-order valence-corrected chi connectivity index (χ4v) is 3.77. The molecule has 0 aliphatic carbocycles. The van der Waals surface area contributed by atoms with E-state index in [0.29, 0.717) is 35.1 Å². The van der Waals surface area contributed by atoms with Gasteiger partial charge >= 0.3 is 11.9 Å². The fraction of sp³-hybridized carbons (Fsp3) is 0.250. The summed E-state index contributed by atoms with van der Waals surface area (Å²) in [7, 11) is 0. The van der Waals surface area contributed by atoms with Crippen LogP contribution in [0.5, 0.6) is 0 Å². The predicted molar refractivity (Wildman–Crippen MR) is 99.4 cm³/mol. The first-order valence-electron chi connectivity index (χ1n) is 8.76. The Labute approximate surface area is 155 Å². The number of nitro groups is 1. The zero-order chi connectivity index (χ0) is 19.0. The molecule has 7 heteroatoms. The van der Waals surface area contributed by atoms with E-state index in [4.69, 9.17) is 4.42 Å². The van der Waals surface area contributed by atoms with Crippen LogP contribution < -0.4 is 0 Å². The van der Waals surface area contributed by atoms with Crippen LogP contribution in [0.25, 0.3) is 22.1 Å². The van der Waals surface area contributed by atoms with Crippen LogP contribution in [0.4, 0.5) is 5.88 Å². The lowest BCUT2D eigenvalue weighted by Crippen LogP contribution is -2.35. The third-order valence-corrected chi connectivity index (χ3v) is 5.00. The predicted octanol–water partition coefficient (Wildman–Crippen LogP) is 4.06. The van der Waals surface area contributed by atoms with Crippen LogP contribution in [0, 0.1) is 10.1 Å². The number of rotatable bonds is 5. The quantitative estimate of drug-likeness (QED) is 0.540. The van der Waals surface area contributed by atoms with Crippen molar-refractivity contribution in [1.82, 2.24) is 4.90 Å². The van der Waals surface area contributed by atoms with Crippen LogP contribution >= 0.6 is 0 Å². The second-order valence-corrected chi connectivity index (χ2v) is 6.70. The van der Waals surface area contributed by atoms with E-state index in [1.165, 1.54) is 0 Å². The summed E-state index contributed by atoms with van der Waals surface area (Å²) in [6.45, 7) is 1.21. The molecule has 0 radical (unpaired) electrons. The first-order valence-corrected chi connectivity index (χ1v) is 8.76. The van der Waals surface area contributed by atoms with Gasteiger partial charge in [0.2, 0.25) is 0 Å². The zero-order valence-corrected chi connectivity index (χ0v) is 14.5. The number of nitrogens with zero attached hydrogens (tertiary/aromatic N) is 2.